The molecule has 1 saturated heterocycles. The highest BCUT2D eigenvalue weighted by atomic mass is 16.2. The van der Waals surface area contributed by atoms with Crippen molar-refractivity contribution in [3.8, 4) is 0 Å². The number of carbonyl (C=O) groups excluding carboxylic acids is 3. The molecule has 1 aliphatic heterocycles. The van der Waals surface area contributed by atoms with Gasteiger partial charge in [0.25, 0.3) is 5.91 Å². The molecule has 25 heavy (non-hydrogen) atoms. The first-order valence-corrected chi connectivity index (χ1v) is 8.31. The van der Waals surface area contributed by atoms with Crippen LogP contribution in [0.15, 0.2) is 54.6 Å². The quantitative estimate of drug-likeness (QED) is 0.808. The minimum atomic E-state index is -0.164. The Labute approximate surface area is 146 Å². The lowest BCUT2D eigenvalue weighted by Gasteiger charge is -2.34. The van der Waals surface area contributed by atoms with E-state index in [0.717, 1.165) is 0 Å². The van der Waals surface area contributed by atoms with Gasteiger partial charge in [0.05, 0.1) is 5.56 Å². The van der Waals surface area contributed by atoms with Gasteiger partial charge in [0.2, 0.25) is 5.91 Å². The van der Waals surface area contributed by atoms with Crippen LogP contribution in [-0.4, -0.2) is 53.6 Å². The molecule has 0 spiro atoms. The van der Waals surface area contributed by atoms with E-state index >= 15 is 0 Å². The van der Waals surface area contributed by atoms with Gasteiger partial charge in [0.15, 0.2) is 5.78 Å². The van der Waals surface area contributed by atoms with Crippen LogP contribution < -0.4 is 0 Å². The number of carbonyl (C=O) groups is 3. The Morgan fingerprint density at radius 1 is 0.720 bits per heavy atom. The maximum absolute atomic E-state index is 12.9. The fraction of sp³-hybridized carbons (Fsp3) is 0.250. The predicted molar refractivity (Wildman–Crippen MR) is 94.5 cm³/mol. The highest BCUT2D eigenvalue weighted by Gasteiger charge is 2.26. The van der Waals surface area contributed by atoms with Crippen LogP contribution in [0.5, 0.6) is 0 Å². The summed E-state index contributed by atoms with van der Waals surface area (Å²) in [6, 6.07) is 15.9. The van der Waals surface area contributed by atoms with Gasteiger partial charge in [-0.15, -0.1) is 0 Å². The third-order valence-electron chi connectivity index (χ3n) is 4.45. The Hall–Kier alpha value is -2.95. The highest BCUT2D eigenvalue weighted by molar-refractivity contribution is 6.15. The molecule has 0 radical (unpaired) electrons. The van der Waals surface area contributed by atoms with Gasteiger partial charge in [-0.3, -0.25) is 14.4 Å². The molecule has 0 bridgehead atoms. The van der Waals surface area contributed by atoms with Crippen molar-refractivity contribution in [3.05, 3.63) is 71.3 Å². The molecule has 0 aliphatic carbocycles. The molecule has 128 valence electrons. The van der Waals surface area contributed by atoms with Crippen molar-refractivity contribution in [2.45, 2.75) is 6.92 Å². The average Bonchev–Trinajstić information content (AvgIpc) is 2.67. The number of amides is 2. The summed E-state index contributed by atoms with van der Waals surface area (Å²) in [7, 11) is 0. The summed E-state index contributed by atoms with van der Waals surface area (Å²) in [6.45, 7) is 3.54. The molecule has 0 unspecified atom stereocenters. The third kappa shape index (κ3) is 3.60. The Morgan fingerprint density at radius 2 is 1.24 bits per heavy atom. The van der Waals surface area contributed by atoms with E-state index < -0.39 is 0 Å². The molecule has 1 aliphatic rings. The van der Waals surface area contributed by atoms with E-state index in [9.17, 15) is 14.4 Å². The number of hydrogen-bond acceptors (Lipinski definition) is 3. The Kier molecular flexibility index (Phi) is 4.93. The first-order chi connectivity index (χ1) is 12.1. The van der Waals surface area contributed by atoms with Crippen molar-refractivity contribution in [2.75, 3.05) is 26.2 Å². The van der Waals surface area contributed by atoms with E-state index in [1.807, 2.05) is 6.07 Å². The van der Waals surface area contributed by atoms with Gasteiger partial charge < -0.3 is 9.80 Å². The largest absolute Gasteiger partial charge is 0.339 e. The second-order valence-electron chi connectivity index (χ2n) is 6.04. The summed E-state index contributed by atoms with van der Waals surface area (Å²) in [6.07, 6.45) is 0. The van der Waals surface area contributed by atoms with Gasteiger partial charge in [0, 0.05) is 44.2 Å². The number of benzene rings is 2. The molecule has 2 amide bonds. The minimum absolute atomic E-state index is 0.0201. The van der Waals surface area contributed by atoms with Gasteiger partial charge in [-0.25, -0.2) is 0 Å². The maximum atomic E-state index is 12.9. The summed E-state index contributed by atoms with van der Waals surface area (Å²) >= 11 is 0. The molecule has 3 rings (SSSR count). The summed E-state index contributed by atoms with van der Waals surface area (Å²) < 4.78 is 0. The predicted octanol–water partition coefficient (Wildman–Crippen LogP) is 2.22. The van der Waals surface area contributed by atoms with Crippen LogP contribution in [0.25, 0.3) is 0 Å². The first kappa shape index (κ1) is 16.9. The summed E-state index contributed by atoms with van der Waals surface area (Å²) in [5, 5.41) is 0. The number of piperazine rings is 1. The van der Waals surface area contributed by atoms with Gasteiger partial charge in [-0.2, -0.15) is 0 Å². The molecule has 0 atom stereocenters. The average molecular weight is 336 g/mol. The fourth-order valence-corrected chi connectivity index (χ4v) is 3.01. The smallest absolute Gasteiger partial charge is 0.254 e. The van der Waals surface area contributed by atoms with E-state index in [2.05, 4.69) is 0 Å². The normalized spacial score (nSPS) is 14.3. The van der Waals surface area contributed by atoms with Crippen molar-refractivity contribution >= 4 is 17.6 Å². The van der Waals surface area contributed by atoms with Crippen LogP contribution in [-0.2, 0) is 4.79 Å². The highest BCUT2D eigenvalue weighted by Crippen LogP contribution is 2.17. The van der Waals surface area contributed by atoms with E-state index in [4.69, 9.17) is 0 Å². The van der Waals surface area contributed by atoms with Crippen molar-refractivity contribution in [1.82, 2.24) is 9.80 Å². The Balaban J connectivity index is 1.83. The van der Waals surface area contributed by atoms with Crippen LogP contribution in [0.1, 0.15) is 33.2 Å². The molecular weight excluding hydrogens is 316 g/mol. The van der Waals surface area contributed by atoms with Crippen LogP contribution in [0.2, 0.25) is 0 Å². The van der Waals surface area contributed by atoms with Crippen molar-refractivity contribution in [1.29, 1.82) is 0 Å². The van der Waals surface area contributed by atoms with Crippen LogP contribution in [0.3, 0.4) is 0 Å². The van der Waals surface area contributed by atoms with E-state index in [1.54, 1.807) is 58.3 Å². The zero-order valence-corrected chi connectivity index (χ0v) is 14.1. The lowest BCUT2D eigenvalue weighted by Crippen LogP contribution is -2.50. The second kappa shape index (κ2) is 7.30. The second-order valence-corrected chi connectivity index (χ2v) is 6.04. The molecule has 2 aromatic carbocycles. The minimum Gasteiger partial charge on any atom is -0.339 e. The monoisotopic (exact) mass is 336 g/mol. The maximum Gasteiger partial charge on any atom is 0.254 e. The standard InChI is InChI=1S/C20H20N2O3/c1-15(23)21-11-13-22(14-12-21)20(25)18-10-6-5-9-17(18)19(24)16-7-3-2-4-8-16/h2-10H,11-14H2,1H3. The zero-order chi connectivity index (χ0) is 17.8. The van der Waals surface area contributed by atoms with Crippen LogP contribution >= 0.6 is 0 Å². The zero-order valence-electron chi connectivity index (χ0n) is 14.1. The molecule has 1 fully saturated rings. The lowest BCUT2D eigenvalue weighted by molar-refractivity contribution is -0.130. The summed E-state index contributed by atoms with van der Waals surface area (Å²) in [4.78, 5) is 40.5. The third-order valence-corrected chi connectivity index (χ3v) is 4.45. The molecule has 0 saturated carbocycles. The molecule has 5 nitrogen and oxygen atoms in total. The molecular formula is C20H20N2O3. The topological polar surface area (TPSA) is 57.7 Å². The first-order valence-electron chi connectivity index (χ1n) is 8.31. The molecule has 1 heterocycles. The summed E-state index contributed by atoms with van der Waals surface area (Å²) in [5.41, 5.74) is 1.38. The van der Waals surface area contributed by atoms with Gasteiger partial charge >= 0.3 is 0 Å². The Morgan fingerprint density at radius 3 is 1.84 bits per heavy atom. The van der Waals surface area contributed by atoms with Crippen molar-refractivity contribution in [3.63, 3.8) is 0 Å². The van der Waals surface area contributed by atoms with E-state index in [1.165, 1.54) is 6.92 Å². The van der Waals surface area contributed by atoms with Crippen molar-refractivity contribution in [2.24, 2.45) is 0 Å². The van der Waals surface area contributed by atoms with Gasteiger partial charge in [-0.05, 0) is 6.07 Å². The Bertz CT molecular complexity index is 794. The molecule has 0 N–H and O–H groups in total. The van der Waals surface area contributed by atoms with Gasteiger partial charge in [0.1, 0.15) is 0 Å². The van der Waals surface area contributed by atoms with Gasteiger partial charge in [-0.1, -0.05) is 48.5 Å². The number of ketones is 1. The molecule has 2 aromatic rings. The van der Waals surface area contributed by atoms with E-state index in [-0.39, 0.29) is 17.6 Å². The SMILES string of the molecule is CC(=O)N1CCN(C(=O)c2ccccc2C(=O)c2ccccc2)CC1. The number of rotatable bonds is 3. The van der Waals surface area contributed by atoms with E-state index in [0.29, 0.717) is 42.9 Å². The van der Waals surface area contributed by atoms with Crippen LogP contribution in [0, 0.1) is 0 Å². The molecule has 5 heteroatoms. The molecule has 0 aromatic heterocycles. The summed E-state index contributed by atoms with van der Waals surface area (Å²) in [5.74, 6) is -0.304. The number of nitrogens with zero attached hydrogens (tertiary/aromatic N) is 2. The number of hydrogen-bond donors (Lipinski definition) is 0. The fourth-order valence-electron chi connectivity index (χ4n) is 3.01. The van der Waals surface area contributed by atoms with Crippen LogP contribution in [0.4, 0.5) is 0 Å². The lowest BCUT2D eigenvalue weighted by atomic mass is 9.97. The van der Waals surface area contributed by atoms with Crippen molar-refractivity contribution < 1.29 is 14.4 Å².